The number of rotatable bonds is 17. The third-order valence-electron chi connectivity index (χ3n) is 10.3. The summed E-state index contributed by atoms with van der Waals surface area (Å²) in [7, 11) is 0. The van der Waals surface area contributed by atoms with Crippen molar-refractivity contribution in [3.05, 3.63) is 211 Å². The Morgan fingerprint density at radius 1 is 0.732 bits per heavy atom. The van der Waals surface area contributed by atoms with Gasteiger partial charge in [0.2, 0.25) is 0 Å². The number of nitrogens with zero attached hydrogens (tertiary/aromatic N) is 1. The average Bonchev–Trinajstić information content (AvgIpc) is 3.56. The fourth-order valence-corrected chi connectivity index (χ4v) is 7.38. The standard InChI is InChI=1S/C53H55N3/c1-6-10-11-12-20-40-25-30-42(31-26-40)50(54)35-29-41-27-33-46(34-28-41)56-52-24-16-14-22-48(52)49-38-44(32-36-53(49)56)43(17-7-2)37-39(5)47-21-13-15-23-51(47)55-45(18-8-3)19-9-4/h7-9,13-19,21-28,30-38,55H,2-3,6,10-12,20,29,54H2,1,4-5H3/b19-9-,39-37+,43-17+,45-18+,50-35-. The average molecular weight is 734 g/mol. The second-order valence-corrected chi connectivity index (χ2v) is 14.3. The Balaban J connectivity index is 1.26. The normalized spacial score (nSPS) is 12.8. The van der Waals surface area contributed by atoms with E-state index < -0.39 is 0 Å². The van der Waals surface area contributed by atoms with Crippen LogP contribution in [0.2, 0.25) is 0 Å². The molecule has 0 radical (unpaired) electrons. The summed E-state index contributed by atoms with van der Waals surface area (Å²) in [4.78, 5) is 0. The van der Waals surface area contributed by atoms with Crippen LogP contribution in [-0.2, 0) is 12.8 Å². The summed E-state index contributed by atoms with van der Waals surface area (Å²) in [6, 6.07) is 41.5. The lowest BCUT2D eigenvalue weighted by Crippen LogP contribution is -2.00. The van der Waals surface area contributed by atoms with E-state index in [2.05, 4.69) is 170 Å². The van der Waals surface area contributed by atoms with E-state index in [1.54, 1.807) is 6.08 Å². The summed E-state index contributed by atoms with van der Waals surface area (Å²) in [5.41, 5.74) is 21.0. The molecule has 3 heteroatoms. The molecule has 282 valence electrons. The van der Waals surface area contributed by atoms with Crippen molar-refractivity contribution in [3.63, 3.8) is 0 Å². The molecule has 0 unspecified atom stereocenters. The first-order valence-electron chi connectivity index (χ1n) is 19.9. The molecule has 1 heterocycles. The van der Waals surface area contributed by atoms with E-state index >= 15 is 0 Å². The van der Waals surface area contributed by atoms with Crippen LogP contribution < -0.4 is 11.1 Å². The fraction of sp³-hybridized carbons (Fsp3) is 0.170. The zero-order valence-electron chi connectivity index (χ0n) is 33.3. The maximum Gasteiger partial charge on any atom is 0.0541 e. The predicted octanol–water partition coefficient (Wildman–Crippen LogP) is 14.2. The molecule has 6 aromatic rings. The Morgan fingerprint density at radius 3 is 2.18 bits per heavy atom. The van der Waals surface area contributed by atoms with Gasteiger partial charge in [-0.2, -0.15) is 0 Å². The number of anilines is 1. The van der Waals surface area contributed by atoms with E-state index in [1.165, 1.54) is 58.6 Å². The van der Waals surface area contributed by atoms with Gasteiger partial charge in [0, 0.05) is 39.1 Å². The van der Waals surface area contributed by atoms with E-state index in [-0.39, 0.29) is 0 Å². The van der Waals surface area contributed by atoms with Crippen LogP contribution in [0, 0.1) is 0 Å². The van der Waals surface area contributed by atoms with Gasteiger partial charge in [-0.3, -0.25) is 0 Å². The summed E-state index contributed by atoms with van der Waals surface area (Å²) in [5.74, 6) is 0. The summed E-state index contributed by atoms with van der Waals surface area (Å²) in [6.07, 6.45) is 23.2. The van der Waals surface area contributed by atoms with Gasteiger partial charge in [-0.1, -0.05) is 155 Å². The number of nitrogens with two attached hydrogens (primary N) is 1. The van der Waals surface area contributed by atoms with E-state index in [1.807, 2.05) is 31.2 Å². The van der Waals surface area contributed by atoms with Crippen LogP contribution in [0.25, 0.3) is 44.3 Å². The van der Waals surface area contributed by atoms with Crippen molar-refractivity contribution in [2.45, 2.75) is 59.3 Å². The highest BCUT2D eigenvalue weighted by molar-refractivity contribution is 6.10. The third-order valence-corrected chi connectivity index (χ3v) is 10.3. The van der Waals surface area contributed by atoms with Gasteiger partial charge in [0.15, 0.2) is 0 Å². The second kappa shape index (κ2) is 19.3. The summed E-state index contributed by atoms with van der Waals surface area (Å²) < 4.78 is 2.37. The minimum absolute atomic E-state index is 0.774. The van der Waals surface area contributed by atoms with E-state index in [4.69, 9.17) is 5.73 Å². The number of hydrogen-bond donors (Lipinski definition) is 2. The van der Waals surface area contributed by atoms with Gasteiger partial charge >= 0.3 is 0 Å². The molecule has 0 spiro atoms. The first-order chi connectivity index (χ1) is 27.4. The van der Waals surface area contributed by atoms with Crippen molar-refractivity contribution in [1.29, 1.82) is 0 Å². The summed E-state index contributed by atoms with van der Waals surface area (Å²) in [5, 5.41) is 6.01. The van der Waals surface area contributed by atoms with Crippen LogP contribution in [0.5, 0.6) is 0 Å². The van der Waals surface area contributed by atoms with Crippen LogP contribution in [0.1, 0.15) is 74.3 Å². The maximum atomic E-state index is 6.55. The molecule has 0 amide bonds. The van der Waals surface area contributed by atoms with Gasteiger partial charge < -0.3 is 15.6 Å². The second-order valence-electron chi connectivity index (χ2n) is 14.3. The molecular weight excluding hydrogens is 679 g/mol. The van der Waals surface area contributed by atoms with Gasteiger partial charge in [-0.05, 0) is 115 Å². The zero-order chi connectivity index (χ0) is 39.3. The Hall–Kier alpha value is -6.32. The molecule has 56 heavy (non-hydrogen) atoms. The Kier molecular flexibility index (Phi) is 13.6. The van der Waals surface area contributed by atoms with Gasteiger partial charge in [-0.15, -0.1) is 0 Å². The quantitative estimate of drug-likeness (QED) is 0.0724. The Bertz CT molecular complexity index is 2440. The number of fused-ring (bicyclic) bond motifs is 3. The number of allylic oxidation sites excluding steroid dienone is 10. The molecular formula is C53H55N3. The van der Waals surface area contributed by atoms with Crippen molar-refractivity contribution in [1.82, 2.24) is 4.57 Å². The molecule has 5 aromatic carbocycles. The van der Waals surface area contributed by atoms with Crippen LogP contribution in [-0.4, -0.2) is 4.57 Å². The number of para-hydroxylation sites is 2. The predicted molar refractivity (Wildman–Crippen MR) is 246 cm³/mol. The van der Waals surface area contributed by atoms with Gasteiger partial charge in [-0.25, -0.2) is 0 Å². The minimum Gasteiger partial charge on any atom is -0.398 e. The number of nitrogens with one attached hydrogen (secondary N) is 1. The van der Waals surface area contributed by atoms with Crippen molar-refractivity contribution in [3.8, 4) is 5.69 Å². The molecule has 0 fully saturated rings. The maximum absolute atomic E-state index is 6.55. The molecule has 0 aliphatic heterocycles. The van der Waals surface area contributed by atoms with Crippen LogP contribution in [0.4, 0.5) is 5.69 Å². The number of hydrogen-bond acceptors (Lipinski definition) is 2. The lowest BCUT2D eigenvalue weighted by molar-refractivity contribution is 0.667. The highest BCUT2D eigenvalue weighted by atomic mass is 15.0. The van der Waals surface area contributed by atoms with E-state index in [9.17, 15) is 0 Å². The molecule has 1 aromatic heterocycles. The summed E-state index contributed by atoms with van der Waals surface area (Å²) in [6.45, 7) is 14.4. The van der Waals surface area contributed by atoms with Crippen LogP contribution >= 0.6 is 0 Å². The monoisotopic (exact) mass is 733 g/mol. The number of benzene rings is 5. The van der Waals surface area contributed by atoms with Crippen molar-refractivity contribution in [2.75, 3.05) is 5.32 Å². The highest BCUT2D eigenvalue weighted by Crippen LogP contribution is 2.35. The minimum atomic E-state index is 0.774. The highest BCUT2D eigenvalue weighted by Gasteiger charge is 2.14. The fourth-order valence-electron chi connectivity index (χ4n) is 7.38. The largest absolute Gasteiger partial charge is 0.398 e. The van der Waals surface area contributed by atoms with E-state index in [0.717, 1.165) is 63.4 Å². The molecule has 3 nitrogen and oxygen atoms in total. The van der Waals surface area contributed by atoms with Crippen LogP contribution in [0.3, 0.4) is 0 Å². The van der Waals surface area contributed by atoms with Crippen molar-refractivity contribution < 1.29 is 0 Å². The molecule has 0 saturated carbocycles. The Morgan fingerprint density at radius 2 is 1.43 bits per heavy atom. The third kappa shape index (κ3) is 9.48. The van der Waals surface area contributed by atoms with E-state index in [0.29, 0.717) is 0 Å². The van der Waals surface area contributed by atoms with Crippen molar-refractivity contribution >= 4 is 44.3 Å². The smallest absolute Gasteiger partial charge is 0.0541 e. The molecule has 0 aliphatic rings. The Labute approximate surface area is 334 Å². The molecule has 3 N–H and O–H groups in total. The molecule has 0 atom stereocenters. The SMILES string of the molecule is C=C/C=C(\C=C/C)Nc1ccccc1/C(C)=C/C(=C\C=C)c1ccc2c(c1)c1ccccc1n2-c1ccc(C/C=C(\N)c2ccc(CCCCCC)cc2)cc1. The zero-order valence-corrected chi connectivity index (χ0v) is 33.3. The molecule has 6 rings (SSSR count). The topological polar surface area (TPSA) is 43.0 Å². The number of unbranched alkanes of at least 4 members (excludes halogenated alkanes) is 3. The molecule has 0 saturated heterocycles. The van der Waals surface area contributed by atoms with Gasteiger partial charge in [0.05, 0.1) is 11.0 Å². The van der Waals surface area contributed by atoms with Crippen LogP contribution in [0.15, 0.2) is 183 Å². The van der Waals surface area contributed by atoms with Crippen molar-refractivity contribution in [2.24, 2.45) is 5.73 Å². The van der Waals surface area contributed by atoms with Gasteiger partial charge in [0.25, 0.3) is 0 Å². The number of aromatic nitrogens is 1. The lowest BCUT2D eigenvalue weighted by atomic mass is 9.97. The molecule has 0 aliphatic carbocycles. The molecule has 0 bridgehead atoms. The first-order valence-corrected chi connectivity index (χ1v) is 19.9. The van der Waals surface area contributed by atoms with Gasteiger partial charge in [0.1, 0.15) is 0 Å². The lowest BCUT2D eigenvalue weighted by Gasteiger charge is -2.14. The first kappa shape index (κ1) is 39.4. The number of aryl methyl sites for hydroxylation is 1. The summed E-state index contributed by atoms with van der Waals surface area (Å²) >= 11 is 0.